The van der Waals surface area contributed by atoms with Crippen molar-refractivity contribution < 1.29 is 4.79 Å². The molecule has 0 unspecified atom stereocenters. The first-order valence-corrected chi connectivity index (χ1v) is 10.6. The van der Waals surface area contributed by atoms with Gasteiger partial charge in [0.2, 0.25) is 11.0 Å². The molecule has 5 heteroatoms. The van der Waals surface area contributed by atoms with E-state index < -0.39 is 0 Å². The fourth-order valence-electron chi connectivity index (χ4n) is 6.16. The highest BCUT2D eigenvalue weighted by molar-refractivity contribution is 7.15. The van der Waals surface area contributed by atoms with E-state index in [1.807, 2.05) is 18.2 Å². The van der Waals surface area contributed by atoms with Crippen LogP contribution >= 0.6 is 11.3 Å². The minimum absolute atomic E-state index is 0.134. The van der Waals surface area contributed by atoms with Crippen molar-refractivity contribution in [2.45, 2.75) is 51.4 Å². The zero-order chi connectivity index (χ0) is 17.6. The van der Waals surface area contributed by atoms with Gasteiger partial charge >= 0.3 is 0 Å². The Morgan fingerprint density at radius 2 is 1.69 bits per heavy atom. The minimum Gasteiger partial charge on any atom is -0.301 e. The number of nitrogens with one attached hydrogen (secondary N) is 1. The zero-order valence-corrected chi connectivity index (χ0v) is 15.8. The number of carbonyl (C=O) groups is 1. The van der Waals surface area contributed by atoms with E-state index in [2.05, 4.69) is 27.6 Å². The van der Waals surface area contributed by atoms with Crippen LogP contribution in [0.3, 0.4) is 0 Å². The second-order valence-electron chi connectivity index (χ2n) is 8.81. The summed E-state index contributed by atoms with van der Waals surface area (Å²) in [5.74, 6) is 2.78. The molecule has 6 rings (SSSR count). The Morgan fingerprint density at radius 1 is 1.04 bits per heavy atom. The van der Waals surface area contributed by atoms with Crippen molar-refractivity contribution in [2.75, 3.05) is 5.32 Å². The first kappa shape index (κ1) is 16.4. The highest BCUT2D eigenvalue weighted by Crippen LogP contribution is 2.61. The SMILES string of the molecule is O=C(CC12CC3CC(CC(C3)C1)C2)Nc1nnc(Cc2ccccc2)s1. The summed E-state index contributed by atoms with van der Waals surface area (Å²) in [5.41, 5.74) is 1.49. The van der Waals surface area contributed by atoms with Crippen LogP contribution in [-0.2, 0) is 11.2 Å². The molecular formula is C21H25N3OS. The normalized spacial score (nSPS) is 31.9. The van der Waals surface area contributed by atoms with Crippen LogP contribution in [0.5, 0.6) is 0 Å². The van der Waals surface area contributed by atoms with Crippen molar-refractivity contribution >= 4 is 22.4 Å². The molecule has 0 aliphatic heterocycles. The van der Waals surface area contributed by atoms with Gasteiger partial charge in [-0.25, -0.2) is 0 Å². The molecule has 136 valence electrons. The lowest BCUT2D eigenvalue weighted by Gasteiger charge is -2.56. The van der Waals surface area contributed by atoms with E-state index in [0.717, 1.165) is 29.2 Å². The number of carbonyl (C=O) groups excluding carboxylic acids is 1. The molecule has 0 radical (unpaired) electrons. The van der Waals surface area contributed by atoms with Crippen LogP contribution in [-0.4, -0.2) is 16.1 Å². The van der Waals surface area contributed by atoms with Crippen molar-refractivity contribution in [3.63, 3.8) is 0 Å². The summed E-state index contributed by atoms with van der Waals surface area (Å²) in [5, 5.41) is 13.0. The summed E-state index contributed by atoms with van der Waals surface area (Å²) in [6.07, 6.45) is 9.49. The van der Waals surface area contributed by atoms with Gasteiger partial charge in [0, 0.05) is 12.8 Å². The third kappa shape index (κ3) is 3.29. The van der Waals surface area contributed by atoms with Gasteiger partial charge in [0.25, 0.3) is 0 Å². The van der Waals surface area contributed by atoms with Gasteiger partial charge in [0.05, 0.1) is 0 Å². The maximum Gasteiger partial charge on any atom is 0.226 e. The summed E-state index contributed by atoms with van der Waals surface area (Å²) in [7, 11) is 0. The largest absolute Gasteiger partial charge is 0.301 e. The molecular weight excluding hydrogens is 342 g/mol. The molecule has 2 aromatic rings. The number of nitrogens with zero attached hydrogens (tertiary/aromatic N) is 2. The number of hydrogen-bond donors (Lipinski definition) is 1. The number of rotatable bonds is 5. The highest BCUT2D eigenvalue weighted by atomic mass is 32.1. The number of aromatic nitrogens is 2. The molecule has 0 saturated heterocycles. The van der Waals surface area contributed by atoms with Crippen molar-refractivity contribution in [3.8, 4) is 0 Å². The van der Waals surface area contributed by atoms with Gasteiger partial charge in [-0.2, -0.15) is 0 Å². The maximum atomic E-state index is 12.7. The van der Waals surface area contributed by atoms with Crippen LogP contribution in [0, 0.1) is 23.2 Å². The van der Waals surface area contributed by atoms with Crippen LogP contribution in [0.1, 0.15) is 55.5 Å². The van der Waals surface area contributed by atoms with Gasteiger partial charge in [-0.1, -0.05) is 41.7 Å². The van der Waals surface area contributed by atoms with E-state index in [0.29, 0.717) is 11.6 Å². The van der Waals surface area contributed by atoms with E-state index in [-0.39, 0.29) is 11.3 Å². The van der Waals surface area contributed by atoms with E-state index in [4.69, 9.17) is 0 Å². The summed E-state index contributed by atoms with van der Waals surface area (Å²) >= 11 is 1.49. The number of hydrogen-bond acceptors (Lipinski definition) is 4. The van der Waals surface area contributed by atoms with Gasteiger partial charge < -0.3 is 5.32 Å². The third-order valence-corrected chi connectivity index (χ3v) is 7.45. The third-order valence-electron chi connectivity index (χ3n) is 6.61. The van der Waals surface area contributed by atoms with Crippen molar-refractivity contribution in [2.24, 2.45) is 23.2 Å². The smallest absolute Gasteiger partial charge is 0.226 e. The number of benzene rings is 1. The minimum atomic E-state index is 0.134. The van der Waals surface area contributed by atoms with Crippen molar-refractivity contribution in [1.82, 2.24) is 10.2 Å². The Balaban J connectivity index is 1.21. The number of amides is 1. The van der Waals surface area contributed by atoms with Crippen molar-refractivity contribution in [3.05, 3.63) is 40.9 Å². The van der Waals surface area contributed by atoms with Crippen molar-refractivity contribution in [1.29, 1.82) is 0 Å². The van der Waals surface area contributed by atoms with E-state index in [9.17, 15) is 4.79 Å². The van der Waals surface area contributed by atoms with Gasteiger partial charge in [-0.05, 0) is 67.3 Å². The molecule has 1 aromatic carbocycles. The van der Waals surface area contributed by atoms with Gasteiger partial charge in [0.15, 0.2) is 0 Å². The molecule has 1 N–H and O–H groups in total. The van der Waals surface area contributed by atoms with Crippen LogP contribution in [0.4, 0.5) is 5.13 Å². The molecule has 4 aliphatic carbocycles. The van der Waals surface area contributed by atoms with E-state index >= 15 is 0 Å². The first-order valence-electron chi connectivity index (χ1n) is 9.82. The molecule has 4 nitrogen and oxygen atoms in total. The Bertz CT molecular complexity index is 765. The fraction of sp³-hybridized carbons (Fsp3) is 0.571. The quantitative estimate of drug-likeness (QED) is 0.835. The number of anilines is 1. The Labute approximate surface area is 158 Å². The summed E-state index contributed by atoms with van der Waals surface area (Å²) < 4.78 is 0. The van der Waals surface area contributed by atoms with Crippen LogP contribution in [0.2, 0.25) is 0 Å². The molecule has 4 saturated carbocycles. The Kier molecular flexibility index (Phi) is 4.07. The Hall–Kier alpha value is -1.75. The molecule has 26 heavy (non-hydrogen) atoms. The molecule has 1 amide bonds. The second-order valence-corrected chi connectivity index (χ2v) is 9.87. The summed E-state index contributed by atoms with van der Waals surface area (Å²) in [6, 6.07) is 10.3. The van der Waals surface area contributed by atoms with Crippen LogP contribution in [0.15, 0.2) is 30.3 Å². The Morgan fingerprint density at radius 3 is 2.35 bits per heavy atom. The van der Waals surface area contributed by atoms with Gasteiger partial charge in [-0.15, -0.1) is 10.2 Å². The second kappa shape index (κ2) is 6.45. The predicted octanol–water partition coefficient (Wildman–Crippen LogP) is 4.67. The predicted molar refractivity (Wildman–Crippen MR) is 103 cm³/mol. The topological polar surface area (TPSA) is 54.9 Å². The van der Waals surface area contributed by atoms with E-state index in [1.165, 1.54) is 55.4 Å². The maximum absolute atomic E-state index is 12.7. The summed E-state index contributed by atoms with van der Waals surface area (Å²) in [6.45, 7) is 0. The lowest BCUT2D eigenvalue weighted by molar-refractivity contribution is -0.124. The van der Waals surface area contributed by atoms with Crippen LogP contribution < -0.4 is 5.32 Å². The average molecular weight is 368 g/mol. The van der Waals surface area contributed by atoms with Gasteiger partial charge in [-0.3, -0.25) is 4.79 Å². The van der Waals surface area contributed by atoms with Gasteiger partial charge in [0.1, 0.15) is 5.01 Å². The van der Waals surface area contributed by atoms with E-state index in [1.54, 1.807) is 0 Å². The average Bonchev–Trinajstić information content (AvgIpc) is 3.00. The van der Waals surface area contributed by atoms with Crippen LogP contribution in [0.25, 0.3) is 0 Å². The molecule has 1 heterocycles. The molecule has 0 spiro atoms. The lowest BCUT2D eigenvalue weighted by Crippen LogP contribution is -2.47. The zero-order valence-electron chi connectivity index (χ0n) is 15.0. The highest BCUT2D eigenvalue weighted by Gasteiger charge is 2.51. The molecule has 4 bridgehead atoms. The standard InChI is InChI=1S/C21H25N3OS/c25-18(13-21-10-15-6-16(11-21)8-17(7-15)12-21)22-20-24-23-19(26-20)9-14-4-2-1-3-5-14/h1-5,15-17H,6-13H2,(H,22,24,25). The molecule has 4 aliphatic rings. The first-order chi connectivity index (χ1) is 12.7. The molecule has 4 fully saturated rings. The monoisotopic (exact) mass is 367 g/mol. The molecule has 0 atom stereocenters. The fourth-order valence-corrected chi connectivity index (χ4v) is 6.95. The lowest BCUT2D eigenvalue weighted by atomic mass is 9.49. The summed E-state index contributed by atoms with van der Waals surface area (Å²) in [4.78, 5) is 12.7. The molecule has 1 aromatic heterocycles.